The van der Waals surface area contributed by atoms with Gasteiger partial charge in [0.2, 0.25) is 5.91 Å². The Morgan fingerprint density at radius 2 is 1.79 bits per heavy atom. The van der Waals surface area contributed by atoms with Gasteiger partial charge in [0.15, 0.2) is 5.88 Å². The first-order valence-corrected chi connectivity index (χ1v) is 11.5. The molecule has 1 aromatic heterocycles. The van der Waals surface area contributed by atoms with Gasteiger partial charge in [-0.15, -0.1) is 0 Å². The summed E-state index contributed by atoms with van der Waals surface area (Å²) in [5, 5.41) is 1.14. The van der Waals surface area contributed by atoms with Gasteiger partial charge >= 0.3 is 11.9 Å². The number of fused-ring (bicyclic) bond motifs is 2. The van der Waals surface area contributed by atoms with Crippen LogP contribution >= 0.6 is 0 Å². The standard InChI is InChI=1S/C25H31N3O6/c1-15(29)33-10-8-28(9-11-34-16(2)30)25(31)17-12-19-18-6-5-7-21-23(18)20(24(26-21)32-4)13-22(19)27(3)14-17/h5-7,12,17,22,26H,8-11,13-14H2,1-4H3/t17-,22-/m1/s1. The maximum atomic E-state index is 13.6. The maximum Gasteiger partial charge on any atom is 0.302 e. The van der Waals surface area contributed by atoms with Crippen LogP contribution in [0.2, 0.25) is 0 Å². The van der Waals surface area contributed by atoms with Crippen molar-refractivity contribution in [2.45, 2.75) is 26.3 Å². The van der Waals surface area contributed by atoms with E-state index in [1.807, 2.05) is 19.2 Å². The first kappa shape index (κ1) is 23.8. The number of hydrogen-bond acceptors (Lipinski definition) is 7. The smallest absolute Gasteiger partial charge is 0.302 e. The number of methoxy groups -OCH3 is 1. The molecular formula is C25H31N3O6. The number of benzene rings is 1. The zero-order valence-corrected chi connectivity index (χ0v) is 20.1. The monoisotopic (exact) mass is 469 g/mol. The average Bonchev–Trinajstić information content (AvgIpc) is 3.16. The topological polar surface area (TPSA) is 101 Å². The van der Waals surface area contributed by atoms with E-state index in [1.165, 1.54) is 13.8 Å². The number of rotatable bonds is 8. The van der Waals surface area contributed by atoms with Crippen molar-refractivity contribution in [3.8, 4) is 5.88 Å². The van der Waals surface area contributed by atoms with Gasteiger partial charge in [-0.3, -0.25) is 19.3 Å². The Hall–Kier alpha value is -3.33. The predicted molar refractivity (Wildman–Crippen MR) is 126 cm³/mol. The average molecular weight is 470 g/mol. The fourth-order valence-corrected chi connectivity index (χ4v) is 5.00. The molecule has 2 aliphatic rings. The van der Waals surface area contributed by atoms with E-state index in [1.54, 1.807) is 12.0 Å². The number of likely N-dealkylation sites (N-methyl/N-ethyl adjacent to an activating group) is 1. The molecule has 0 saturated heterocycles. The van der Waals surface area contributed by atoms with E-state index in [0.717, 1.165) is 39.9 Å². The molecule has 1 aromatic carbocycles. The van der Waals surface area contributed by atoms with E-state index >= 15 is 0 Å². The third-order valence-electron chi connectivity index (χ3n) is 6.52. The van der Waals surface area contributed by atoms with Gasteiger partial charge in [-0.2, -0.15) is 0 Å². The number of esters is 2. The molecule has 1 amide bonds. The molecule has 1 aliphatic carbocycles. The van der Waals surface area contributed by atoms with Gasteiger partial charge in [0.1, 0.15) is 13.2 Å². The molecule has 2 aromatic rings. The minimum atomic E-state index is -0.400. The number of H-pyrrole nitrogens is 1. The molecule has 1 N–H and O–H groups in total. The zero-order valence-electron chi connectivity index (χ0n) is 20.1. The Morgan fingerprint density at radius 3 is 2.41 bits per heavy atom. The lowest BCUT2D eigenvalue weighted by atomic mass is 9.79. The Morgan fingerprint density at radius 1 is 1.12 bits per heavy atom. The summed E-state index contributed by atoms with van der Waals surface area (Å²) in [6.45, 7) is 3.88. The molecule has 0 spiro atoms. The van der Waals surface area contributed by atoms with Crippen LogP contribution in [-0.2, 0) is 30.3 Å². The number of nitrogens with one attached hydrogen (secondary N) is 1. The third-order valence-corrected chi connectivity index (χ3v) is 6.52. The number of carbonyl (C=O) groups excluding carboxylic acids is 3. The molecule has 34 heavy (non-hydrogen) atoms. The van der Waals surface area contributed by atoms with Crippen LogP contribution in [0.25, 0.3) is 16.5 Å². The second-order valence-electron chi connectivity index (χ2n) is 8.76. The van der Waals surface area contributed by atoms with Crippen molar-refractivity contribution in [3.05, 3.63) is 35.4 Å². The van der Waals surface area contributed by atoms with Crippen molar-refractivity contribution >= 4 is 34.3 Å². The largest absolute Gasteiger partial charge is 0.482 e. The number of aromatic amines is 1. The van der Waals surface area contributed by atoms with Crippen molar-refractivity contribution < 1.29 is 28.6 Å². The van der Waals surface area contributed by atoms with Crippen LogP contribution < -0.4 is 4.74 Å². The maximum absolute atomic E-state index is 13.6. The molecule has 0 bridgehead atoms. The summed E-state index contributed by atoms with van der Waals surface area (Å²) in [5.74, 6) is -0.467. The van der Waals surface area contributed by atoms with Crippen molar-refractivity contribution in [2.75, 3.05) is 47.0 Å². The van der Waals surface area contributed by atoms with E-state index < -0.39 is 11.9 Å². The van der Waals surface area contributed by atoms with Crippen LogP contribution in [0.4, 0.5) is 0 Å². The SMILES string of the molecule is COc1[nH]c2cccc3c2c1C[C@@H]1C3=C[C@@H](C(=O)N(CCOC(C)=O)CCOC(C)=O)CN1C. The highest BCUT2D eigenvalue weighted by Crippen LogP contribution is 2.44. The second-order valence-corrected chi connectivity index (χ2v) is 8.76. The zero-order chi connectivity index (χ0) is 24.4. The second kappa shape index (κ2) is 9.89. The quantitative estimate of drug-likeness (QED) is 0.590. The molecular weight excluding hydrogens is 438 g/mol. The van der Waals surface area contributed by atoms with Crippen LogP contribution in [0.1, 0.15) is 25.0 Å². The van der Waals surface area contributed by atoms with E-state index in [0.29, 0.717) is 6.54 Å². The number of ether oxygens (including phenoxy) is 3. The van der Waals surface area contributed by atoms with Crippen LogP contribution in [0.5, 0.6) is 5.88 Å². The molecule has 1 aliphatic heterocycles. The summed E-state index contributed by atoms with van der Waals surface area (Å²) >= 11 is 0. The van der Waals surface area contributed by atoms with Gasteiger partial charge < -0.3 is 24.1 Å². The minimum Gasteiger partial charge on any atom is -0.482 e. The molecule has 9 nitrogen and oxygen atoms in total. The molecule has 4 rings (SSSR count). The number of carbonyl (C=O) groups is 3. The number of nitrogens with zero attached hydrogens (tertiary/aromatic N) is 2. The highest BCUT2D eigenvalue weighted by molar-refractivity contribution is 6.00. The minimum absolute atomic E-state index is 0.0817. The predicted octanol–water partition coefficient (Wildman–Crippen LogP) is 2.00. The first-order valence-electron chi connectivity index (χ1n) is 11.5. The molecule has 0 unspecified atom stereocenters. The van der Waals surface area contributed by atoms with E-state index in [2.05, 4.69) is 22.0 Å². The van der Waals surface area contributed by atoms with Crippen molar-refractivity contribution in [1.29, 1.82) is 0 Å². The van der Waals surface area contributed by atoms with Crippen LogP contribution in [-0.4, -0.2) is 85.7 Å². The van der Waals surface area contributed by atoms with Gasteiger partial charge in [0, 0.05) is 42.9 Å². The Balaban J connectivity index is 1.63. The normalized spacial score (nSPS) is 19.2. The van der Waals surface area contributed by atoms with E-state index in [-0.39, 0.29) is 44.2 Å². The first-order chi connectivity index (χ1) is 16.3. The van der Waals surface area contributed by atoms with Crippen LogP contribution in [0.3, 0.4) is 0 Å². The fraction of sp³-hybridized carbons (Fsp3) is 0.480. The third kappa shape index (κ3) is 4.65. The van der Waals surface area contributed by atoms with Gasteiger partial charge in [0.05, 0.1) is 26.1 Å². The molecule has 2 heterocycles. The summed E-state index contributed by atoms with van der Waals surface area (Å²) in [6.07, 6.45) is 2.88. The van der Waals surface area contributed by atoms with E-state index in [9.17, 15) is 14.4 Å². The van der Waals surface area contributed by atoms with Gasteiger partial charge in [-0.25, -0.2) is 0 Å². The highest BCUT2D eigenvalue weighted by Gasteiger charge is 2.38. The van der Waals surface area contributed by atoms with Gasteiger partial charge in [0.25, 0.3) is 0 Å². The number of amides is 1. The number of hydrogen-bond donors (Lipinski definition) is 1. The Labute approximate surface area is 198 Å². The summed E-state index contributed by atoms with van der Waals surface area (Å²) in [6, 6.07) is 6.28. The Bertz CT molecular complexity index is 1120. The molecule has 0 fully saturated rings. The molecule has 0 saturated carbocycles. The summed E-state index contributed by atoms with van der Waals surface area (Å²) < 4.78 is 15.7. The van der Waals surface area contributed by atoms with Gasteiger partial charge in [-0.1, -0.05) is 18.2 Å². The molecule has 182 valence electrons. The summed E-state index contributed by atoms with van der Waals surface area (Å²) in [5.41, 5.74) is 4.42. The fourth-order valence-electron chi connectivity index (χ4n) is 5.00. The van der Waals surface area contributed by atoms with Gasteiger partial charge in [-0.05, 0) is 30.7 Å². The van der Waals surface area contributed by atoms with Crippen molar-refractivity contribution in [1.82, 2.24) is 14.8 Å². The lowest BCUT2D eigenvalue weighted by Crippen LogP contribution is -2.48. The van der Waals surface area contributed by atoms with Crippen LogP contribution in [0.15, 0.2) is 24.3 Å². The highest BCUT2D eigenvalue weighted by atomic mass is 16.5. The van der Waals surface area contributed by atoms with E-state index in [4.69, 9.17) is 14.2 Å². The lowest BCUT2D eigenvalue weighted by molar-refractivity contribution is -0.146. The van der Waals surface area contributed by atoms with Crippen molar-refractivity contribution in [3.63, 3.8) is 0 Å². The molecule has 0 radical (unpaired) electrons. The summed E-state index contributed by atoms with van der Waals surface area (Å²) in [7, 11) is 3.70. The number of aromatic nitrogens is 1. The van der Waals surface area contributed by atoms with Crippen LogP contribution in [0, 0.1) is 5.92 Å². The van der Waals surface area contributed by atoms with Crippen molar-refractivity contribution in [2.24, 2.45) is 5.92 Å². The summed E-state index contributed by atoms with van der Waals surface area (Å²) in [4.78, 5) is 43.1. The Kier molecular flexibility index (Phi) is 6.92. The lowest BCUT2D eigenvalue weighted by Gasteiger charge is -2.40. The molecule has 9 heteroatoms. The molecule has 2 atom stereocenters.